The van der Waals surface area contributed by atoms with Gasteiger partial charge in [0, 0.05) is 49.7 Å². The van der Waals surface area contributed by atoms with Gasteiger partial charge >= 0.3 is 0 Å². The van der Waals surface area contributed by atoms with Crippen molar-refractivity contribution < 1.29 is 4.39 Å². The zero-order valence-electron chi connectivity index (χ0n) is 17.0. The lowest BCUT2D eigenvalue weighted by Crippen LogP contribution is -2.33. The minimum Gasteiger partial charge on any atom is -0.351 e. The molecule has 7 nitrogen and oxygen atoms in total. The van der Waals surface area contributed by atoms with Crippen LogP contribution in [0.2, 0.25) is 10.3 Å². The molecule has 0 aliphatic carbocycles. The Morgan fingerprint density at radius 1 is 1.03 bits per heavy atom. The van der Waals surface area contributed by atoms with Crippen molar-refractivity contribution in [1.82, 2.24) is 24.7 Å². The number of benzene rings is 1. The van der Waals surface area contributed by atoms with Crippen molar-refractivity contribution in [3.05, 3.63) is 64.0 Å². The van der Waals surface area contributed by atoms with Gasteiger partial charge in [0.1, 0.15) is 17.5 Å². The topological polar surface area (TPSA) is 63.0 Å². The van der Waals surface area contributed by atoms with Gasteiger partial charge in [-0.2, -0.15) is 10.1 Å². The van der Waals surface area contributed by atoms with Gasteiger partial charge in [-0.05, 0) is 41.8 Å². The highest BCUT2D eigenvalue weighted by atomic mass is 35.5. The molecule has 0 unspecified atom stereocenters. The molecule has 162 valence electrons. The van der Waals surface area contributed by atoms with Gasteiger partial charge in [0.2, 0.25) is 5.28 Å². The van der Waals surface area contributed by atoms with Crippen LogP contribution in [0.3, 0.4) is 0 Å². The summed E-state index contributed by atoms with van der Waals surface area (Å²) in [7, 11) is 0. The number of rotatable bonds is 2. The molecule has 0 saturated heterocycles. The summed E-state index contributed by atoms with van der Waals surface area (Å²) in [6.07, 6.45) is 5.55. The van der Waals surface area contributed by atoms with Crippen molar-refractivity contribution in [3.63, 3.8) is 0 Å². The molecule has 2 aliphatic rings. The lowest BCUT2D eigenvalue weighted by atomic mass is 10.0. The Balaban J connectivity index is 1.38. The van der Waals surface area contributed by atoms with E-state index in [0.717, 1.165) is 48.7 Å². The Kier molecular flexibility index (Phi) is 4.66. The van der Waals surface area contributed by atoms with E-state index >= 15 is 0 Å². The normalized spacial score (nSPS) is 15.7. The van der Waals surface area contributed by atoms with E-state index in [1.807, 2.05) is 23.1 Å². The fourth-order valence-electron chi connectivity index (χ4n) is 4.54. The number of hydrogen-bond donors (Lipinski definition) is 0. The van der Waals surface area contributed by atoms with Gasteiger partial charge in [-0.1, -0.05) is 11.6 Å². The van der Waals surface area contributed by atoms with Crippen LogP contribution in [0.15, 0.2) is 36.7 Å². The highest BCUT2D eigenvalue weighted by molar-refractivity contribution is 6.32. The van der Waals surface area contributed by atoms with Crippen LogP contribution in [-0.4, -0.2) is 37.8 Å². The number of anilines is 3. The van der Waals surface area contributed by atoms with Crippen LogP contribution in [0.4, 0.5) is 21.7 Å². The third-order valence-electron chi connectivity index (χ3n) is 6.05. The average molecular weight is 470 g/mol. The van der Waals surface area contributed by atoms with Crippen molar-refractivity contribution in [1.29, 1.82) is 0 Å². The first-order valence-electron chi connectivity index (χ1n) is 10.4. The van der Waals surface area contributed by atoms with Crippen molar-refractivity contribution in [2.75, 3.05) is 22.9 Å². The summed E-state index contributed by atoms with van der Waals surface area (Å²) in [5.74, 6) is 1.17. The standard InChI is InChI=1S/C22H18Cl2FN7/c23-16-10-19-15(9-17(16)25)21(29-22(24)28-19)30-7-3-18-13(12-30)8-14(11-26-18)31-5-1-6-32-20(31)2-4-27-32/h2,4,8-11H,1,3,5-7,12H2. The number of fused-ring (bicyclic) bond motifs is 3. The molecule has 0 N–H and O–H groups in total. The van der Waals surface area contributed by atoms with Crippen molar-refractivity contribution in [3.8, 4) is 0 Å². The Labute approximate surface area is 193 Å². The molecule has 0 bridgehead atoms. The number of halogens is 3. The molecule has 10 heteroatoms. The molecule has 5 heterocycles. The average Bonchev–Trinajstić information content (AvgIpc) is 3.28. The fraction of sp³-hybridized carbons (Fsp3) is 0.273. The summed E-state index contributed by atoms with van der Waals surface area (Å²) in [6, 6.07) is 7.07. The van der Waals surface area contributed by atoms with Gasteiger partial charge in [-0.25, -0.2) is 14.1 Å². The van der Waals surface area contributed by atoms with Gasteiger partial charge in [0.15, 0.2) is 0 Å². The zero-order chi connectivity index (χ0) is 21.8. The van der Waals surface area contributed by atoms with Crippen LogP contribution in [0.25, 0.3) is 10.9 Å². The van der Waals surface area contributed by atoms with E-state index in [2.05, 4.69) is 30.9 Å². The Hall–Kier alpha value is -2.97. The predicted octanol–water partition coefficient (Wildman–Crippen LogP) is 4.77. The van der Waals surface area contributed by atoms with Crippen molar-refractivity contribution in [2.24, 2.45) is 0 Å². The van der Waals surface area contributed by atoms with E-state index < -0.39 is 5.82 Å². The van der Waals surface area contributed by atoms with E-state index in [1.54, 1.807) is 0 Å². The third-order valence-corrected chi connectivity index (χ3v) is 6.51. The molecule has 0 spiro atoms. The van der Waals surface area contributed by atoms with Crippen LogP contribution >= 0.6 is 23.2 Å². The predicted molar refractivity (Wildman–Crippen MR) is 122 cm³/mol. The quantitative estimate of drug-likeness (QED) is 0.394. The molecule has 4 aromatic rings. The highest BCUT2D eigenvalue weighted by Crippen LogP contribution is 2.34. The summed E-state index contributed by atoms with van der Waals surface area (Å²) < 4.78 is 16.2. The maximum atomic E-state index is 14.2. The minimum absolute atomic E-state index is 0.0109. The molecule has 0 amide bonds. The summed E-state index contributed by atoms with van der Waals surface area (Å²) in [5, 5.41) is 5.11. The van der Waals surface area contributed by atoms with E-state index in [4.69, 9.17) is 28.2 Å². The number of nitrogens with zero attached hydrogens (tertiary/aromatic N) is 7. The first-order chi connectivity index (χ1) is 15.6. The lowest BCUT2D eigenvalue weighted by molar-refractivity contribution is 0.541. The second-order valence-corrected chi connectivity index (χ2v) is 8.73. The number of aryl methyl sites for hydroxylation is 1. The molecule has 2 aliphatic heterocycles. The summed E-state index contributed by atoms with van der Waals surface area (Å²) in [4.78, 5) is 17.7. The number of aromatic nitrogens is 5. The fourth-order valence-corrected chi connectivity index (χ4v) is 4.87. The molecule has 0 fully saturated rings. The maximum absolute atomic E-state index is 14.2. The summed E-state index contributed by atoms with van der Waals surface area (Å²) >= 11 is 12.1. The Morgan fingerprint density at radius 2 is 1.94 bits per heavy atom. The molecule has 0 atom stereocenters. The molecular weight excluding hydrogens is 452 g/mol. The monoisotopic (exact) mass is 469 g/mol. The Bertz CT molecular complexity index is 1360. The second kappa shape index (κ2) is 7.56. The van der Waals surface area contributed by atoms with Gasteiger partial charge < -0.3 is 9.80 Å². The SMILES string of the molecule is Fc1cc2c(N3CCc4ncc(N5CCCn6nccc65)cc4C3)nc(Cl)nc2cc1Cl. The third kappa shape index (κ3) is 3.25. The van der Waals surface area contributed by atoms with Crippen LogP contribution in [0, 0.1) is 5.82 Å². The molecular formula is C22H18Cl2FN7. The Morgan fingerprint density at radius 3 is 2.84 bits per heavy atom. The zero-order valence-corrected chi connectivity index (χ0v) is 18.5. The van der Waals surface area contributed by atoms with Crippen LogP contribution < -0.4 is 9.80 Å². The molecule has 3 aromatic heterocycles. The van der Waals surface area contributed by atoms with Crippen molar-refractivity contribution in [2.45, 2.75) is 25.9 Å². The largest absolute Gasteiger partial charge is 0.351 e. The van der Waals surface area contributed by atoms with E-state index in [9.17, 15) is 4.39 Å². The second-order valence-electron chi connectivity index (χ2n) is 7.99. The van der Waals surface area contributed by atoms with Gasteiger partial charge in [0.25, 0.3) is 0 Å². The minimum atomic E-state index is -0.505. The van der Waals surface area contributed by atoms with Gasteiger partial charge in [-0.15, -0.1) is 0 Å². The smallest absolute Gasteiger partial charge is 0.224 e. The molecule has 6 rings (SSSR count). The van der Waals surface area contributed by atoms with Gasteiger partial charge in [-0.3, -0.25) is 4.98 Å². The highest BCUT2D eigenvalue weighted by Gasteiger charge is 2.25. The number of hydrogen-bond acceptors (Lipinski definition) is 6. The van der Waals surface area contributed by atoms with E-state index in [-0.39, 0.29) is 10.3 Å². The van der Waals surface area contributed by atoms with Gasteiger partial charge in [0.05, 0.1) is 28.6 Å². The molecule has 0 saturated carbocycles. The number of pyridine rings is 1. The maximum Gasteiger partial charge on any atom is 0.224 e. The van der Waals surface area contributed by atoms with Crippen molar-refractivity contribution >= 4 is 51.4 Å². The first kappa shape index (κ1) is 19.7. The summed E-state index contributed by atoms with van der Waals surface area (Å²) in [6.45, 7) is 3.13. The molecule has 32 heavy (non-hydrogen) atoms. The molecule has 0 radical (unpaired) electrons. The first-order valence-corrected chi connectivity index (χ1v) is 11.2. The van der Waals surface area contributed by atoms with Crippen LogP contribution in [0.1, 0.15) is 17.7 Å². The summed E-state index contributed by atoms with van der Waals surface area (Å²) in [5.41, 5.74) is 3.73. The van der Waals surface area contributed by atoms with E-state index in [1.165, 1.54) is 12.1 Å². The molecule has 1 aromatic carbocycles. The van der Waals surface area contributed by atoms with Crippen LogP contribution in [-0.2, 0) is 19.5 Å². The van der Waals surface area contributed by atoms with Crippen LogP contribution in [0.5, 0.6) is 0 Å². The lowest BCUT2D eigenvalue weighted by Gasteiger charge is -2.33. The van der Waals surface area contributed by atoms with E-state index in [0.29, 0.717) is 29.8 Å².